The third-order valence-corrected chi connectivity index (χ3v) is 2.91. The lowest BCUT2D eigenvalue weighted by Crippen LogP contribution is -2.16. The molecule has 0 amide bonds. The Kier molecular flexibility index (Phi) is 4.68. The summed E-state index contributed by atoms with van der Waals surface area (Å²) in [6.07, 6.45) is 0.466. The summed E-state index contributed by atoms with van der Waals surface area (Å²) in [5.41, 5.74) is 0.855. The van der Waals surface area contributed by atoms with Gasteiger partial charge in [-0.05, 0) is 36.4 Å². The molecule has 0 radical (unpaired) electrons. The largest absolute Gasteiger partial charge is 0.463 e. The molecular weight excluding hydrogens is 280 g/mol. The van der Waals surface area contributed by atoms with E-state index in [1.54, 1.807) is 12.1 Å². The summed E-state index contributed by atoms with van der Waals surface area (Å²) in [6, 6.07) is 7.23. The number of nitrogens with zero attached hydrogens (tertiary/aromatic N) is 4. The molecule has 2 aromatic rings. The van der Waals surface area contributed by atoms with Crippen LogP contribution in [0.2, 0.25) is 5.02 Å². The van der Waals surface area contributed by atoms with E-state index in [0.29, 0.717) is 23.8 Å². The van der Waals surface area contributed by atoms with E-state index < -0.39 is 0 Å². The number of carbonyl (C=O) groups is 1. The molecule has 0 aliphatic carbocycles. The molecular formula is C13H15ClN4O2. The predicted molar refractivity (Wildman–Crippen MR) is 74.1 cm³/mol. The van der Waals surface area contributed by atoms with Gasteiger partial charge in [0.1, 0.15) is 6.10 Å². The van der Waals surface area contributed by atoms with Gasteiger partial charge in [0.2, 0.25) is 5.82 Å². The van der Waals surface area contributed by atoms with Crippen molar-refractivity contribution >= 4 is 17.6 Å². The number of aryl methyl sites for hydroxylation is 1. The number of benzene rings is 1. The molecule has 0 saturated heterocycles. The van der Waals surface area contributed by atoms with Gasteiger partial charge in [0.25, 0.3) is 0 Å². The Morgan fingerprint density at radius 3 is 2.75 bits per heavy atom. The molecule has 106 valence electrons. The Morgan fingerprint density at radius 1 is 1.40 bits per heavy atom. The van der Waals surface area contributed by atoms with Crippen molar-refractivity contribution in [3.8, 4) is 11.4 Å². The molecule has 0 aliphatic rings. The predicted octanol–water partition coefficient (Wildman–Crippen LogP) is 2.34. The summed E-state index contributed by atoms with van der Waals surface area (Å²) in [6.45, 7) is 3.76. The Labute approximate surface area is 121 Å². The fourth-order valence-corrected chi connectivity index (χ4v) is 1.82. The fourth-order valence-electron chi connectivity index (χ4n) is 1.69. The van der Waals surface area contributed by atoms with Gasteiger partial charge >= 0.3 is 5.97 Å². The smallest absolute Gasteiger partial charge is 0.302 e. The van der Waals surface area contributed by atoms with Gasteiger partial charge < -0.3 is 4.74 Å². The number of esters is 1. The highest BCUT2D eigenvalue weighted by Crippen LogP contribution is 2.17. The first-order valence-corrected chi connectivity index (χ1v) is 6.63. The van der Waals surface area contributed by atoms with E-state index in [1.807, 2.05) is 19.1 Å². The molecule has 0 saturated carbocycles. The number of rotatable bonds is 5. The molecule has 1 atom stereocenters. The highest BCUT2D eigenvalue weighted by atomic mass is 35.5. The van der Waals surface area contributed by atoms with Gasteiger partial charge in [-0.15, -0.1) is 10.2 Å². The Hall–Kier alpha value is -1.95. The average Bonchev–Trinajstić information content (AvgIpc) is 2.85. The molecule has 0 unspecified atom stereocenters. The molecule has 0 spiro atoms. The molecule has 0 aliphatic heterocycles. The summed E-state index contributed by atoms with van der Waals surface area (Å²) in [4.78, 5) is 12.3. The van der Waals surface area contributed by atoms with Gasteiger partial charge in [0, 0.05) is 23.9 Å². The van der Waals surface area contributed by atoms with Gasteiger partial charge in [0.15, 0.2) is 0 Å². The lowest BCUT2D eigenvalue weighted by molar-refractivity contribution is -0.145. The summed E-state index contributed by atoms with van der Waals surface area (Å²) in [5, 5.41) is 12.9. The standard InChI is InChI=1S/C13H15ClN4O2/c1-9(20-10(2)19)7-8-18-16-13(15-17-18)11-3-5-12(14)6-4-11/h3-6,9H,7-8H2,1-2H3/t9-/m0/s1. The first kappa shape index (κ1) is 14.5. The lowest BCUT2D eigenvalue weighted by Gasteiger charge is -2.10. The Morgan fingerprint density at radius 2 is 2.10 bits per heavy atom. The van der Waals surface area contributed by atoms with Crippen molar-refractivity contribution in [1.29, 1.82) is 0 Å². The van der Waals surface area contributed by atoms with Crippen molar-refractivity contribution in [2.75, 3.05) is 0 Å². The molecule has 0 fully saturated rings. The third-order valence-electron chi connectivity index (χ3n) is 2.66. The topological polar surface area (TPSA) is 69.9 Å². The lowest BCUT2D eigenvalue weighted by atomic mass is 10.2. The zero-order valence-corrected chi connectivity index (χ0v) is 12.0. The number of carbonyl (C=O) groups excluding carboxylic acids is 1. The second kappa shape index (κ2) is 6.47. The number of tetrazole rings is 1. The maximum atomic E-state index is 10.8. The van der Waals surface area contributed by atoms with Crippen LogP contribution >= 0.6 is 11.6 Å². The van der Waals surface area contributed by atoms with E-state index >= 15 is 0 Å². The van der Waals surface area contributed by atoms with Crippen molar-refractivity contribution in [2.45, 2.75) is 32.9 Å². The molecule has 7 heteroatoms. The third kappa shape index (κ3) is 4.03. The number of ether oxygens (including phenoxy) is 1. The SMILES string of the molecule is CC(=O)O[C@@H](C)CCn1nnc(-c2ccc(Cl)cc2)n1. The second-order valence-corrected chi connectivity index (χ2v) is 4.86. The quantitative estimate of drug-likeness (QED) is 0.792. The van der Waals surface area contributed by atoms with Crippen molar-refractivity contribution in [1.82, 2.24) is 20.2 Å². The Bertz CT molecular complexity index is 582. The van der Waals surface area contributed by atoms with Crippen LogP contribution in [0.15, 0.2) is 24.3 Å². The first-order chi connectivity index (χ1) is 9.54. The summed E-state index contributed by atoms with van der Waals surface area (Å²) in [7, 11) is 0. The number of hydrogen-bond donors (Lipinski definition) is 0. The highest BCUT2D eigenvalue weighted by Gasteiger charge is 2.09. The first-order valence-electron chi connectivity index (χ1n) is 6.25. The average molecular weight is 295 g/mol. The molecule has 20 heavy (non-hydrogen) atoms. The van der Waals surface area contributed by atoms with Crippen LogP contribution in [0.25, 0.3) is 11.4 Å². The molecule has 1 aromatic carbocycles. The normalized spacial score (nSPS) is 12.2. The van der Waals surface area contributed by atoms with E-state index in [4.69, 9.17) is 16.3 Å². The van der Waals surface area contributed by atoms with E-state index in [2.05, 4.69) is 15.4 Å². The highest BCUT2D eigenvalue weighted by molar-refractivity contribution is 6.30. The molecule has 0 N–H and O–H groups in total. The zero-order chi connectivity index (χ0) is 14.5. The van der Waals surface area contributed by atoms with E-state index in [-0.39, 0.29) is 12.1 Å². The minimum absolute atomic E-state index is 0.169. The van der Waals surface area contributed by atoms with Crippen molar-refractivity contribution in [3.05, 3.63) is 29.3 Å². The van der Waals surface area contributed by atoms with Crippen LogP contribution in [0.1, 0.15) is 20.3 Å². The molecule has 6 nitrogen and oxygen atoms in total. The van der Waals surface area contributed by atoms with Crippen LogP contribution in [0, 0.1) is 0 Å². The molecule has 2 rings (SSSR count). The summed E-state index contributed by atoms with van der Waals surface area (Å²) in [5.74, 6) is 0.257. The minimum Gasteiger partial charge on any atom is -0.463 e. The van der Waals surface area contributed by atoms with Crippen LogP contribution < -0.4 is 0 Å². The summed E-state index contributed by atoms with van der Waals surface area (Å²) < 4.78 is 5.03. The van der Waals surface area contributed by atoms with Crippen molar-refractivity contribution < 1.29 is 9.53 Å². The fraction of sp³-hybridized carbons (Fsp3) is 0.385. The maximum absolute atomic E-state index is 10.8. The van der Waals surface area contributed by atoms with E-state index in [0.717, 1.165) is 5.56 Å². The van der Waals surface area contributed by atoms with Crippen molar-refractivity contribution in [3.63, 3.8) is 0 Å². The number of halogens is 1. The van der Waals surface area contributed by atoms with Gasteiger partial charge in [-0.1, -0.05) is 11.6 Å². The van der Waals surface area contributed by atoms with Gasteiger partial charge in [0.05, 0.1) is 6.54 Å². The summed E-state index contributed by atoms with van der Waals surface area (Å²) >= 11 is 5.83. The van der Waals surface area contributed by atoms with Crippen LogP contribution in [0.3, 0.4) is 0 Å². The molecule has 1 heterocycles. The van der Waals surface area contributed by atoms with Crippen LogP contribution in [0.4, 0.5) is 0 Å². The van der Waals surface area contributed by atoms with Crippen molar-refractivity contribution in [2.24, 2.45) is 0 Å². The van der Waals surface area contributed by atoms with Gasteiger partial charge in [-0.3, -0.25) is 4.79 Å². The molecule has 0 bridgehead atoms. The minimum atomic E-state index is -0.286. The van der Waals surface area contributed by atoms with Crippen LogP contribution in [-0.4, -0.2) is 32.3 Å². The van der Waals surface area contributed by atoms with Gasteiger partial charge in [-0.25, -0.2) is 0 Å². The number of aromatic nitrogens is 4. The van der Waals surface area contributed by atoms with E-state index in [9.17, 15) is 4.79 Å². The van der Waals surface area contributed by atoms with Gasteiger partial charge in [-0.2, -0.15) is 4.80 Å². The Balaban J connectivity index is 1.95. The van der Waals surface area contributed by atoms with Crippen LogP contribution in [0.5, 0.6) is 0 Å². The van der Waals surface area contributed by atoms with Crippen LogP contribution in [-0.2, 0) is 16.1 Å². The maximum Gasteiger partial charge on any atom is 0.302 e. The monoisotopic (exact) mass is 294 g/mol. The second-order valence-electron chi connectivity index (χ2n) is 4.42. The molecule has 1 aromatic heterocycles. The number of hydrogen-bond acceptors (Lipinski definition) is 5. The van der Waals surface area contributed by atoms with E-state index in [1.165, 1.54) is 11.7 Å². The zero-order valence-electron chi connectivity index (χ0n) is 11.3.